The van der Waals surface area contributed by atoms with Crippen LogP contribution < -0.4 is 9.47 Å². The number of hydrogen-bond donors (Lipinski definition) is 2. The summed E-state index contributed by atoms with van der Waals surface area (Å²) >= 11 is 0. The summed E-state index contributed by atoms with van der Waals surface area (Å²) in [7, 11) is 0. The van der Waals surface area contributed by atoms with E-state index in [2.05, 4.69) is 0 Å². The topological polar surface area (TPSA) is 76.0 Å². The van der Waals surface area contributed by atoms with Crippen molar-refractivity contribution < 1.29 is 24.5 Å². The molecule has 2 aliphatic heterocycles. The molecule has 0 aromatic heterocycles. The third-order valence-electron chi connectivity index (χ3n) is 5.56. The number of fused-ring (bicyclic) bond motifs is 2. The van der Waals surface area contributed by atoms with Gasteiger partial charge in [0.25, 0.3) is 0 Å². The highest BCUT2D eigenvalue weighted by Crippen LogP contribution is 2.55. The first kappa shape index (κ1) is 14.7. The molecule has 1 saturated carbocycles. The monoisotopic (exact) mass is 318 g/mol. The van der Waals surface area contributed by atoms with Crippen LogP contribution in [0.3, 0.4) is 0 Å². The van der Waals surface area contributed by atoms with Crippen LogP contribution in [0.5, 0.6) is 17.2 Å². The number of hydrogen-bond acceptors (Lipinski definition) is 4. The minimum absolute atomic E-state index is 0.164. The van der Waals surface area contributed by atoms with Gasteiger partial charge in [-0.2, -0.15) is 0 Å². The van der Waals surface area contributed by atoms with Crippen molar-refractivity contribution in [2.45, 2.75) is 56.8 Å². The van der Waals surface area contributed by atoms with Gasteiger partial charge in [0.2, 0.25) is 0 Å². The Morgan fingerprint density at radius 3 is 2.17 bits per heavy atom. The Labute approximate surface area is 135 Å². The van der Waals surface area contributed by atoms with Gasteiger partial charge in [0.05, 0.1) is 18.6 Å². The number of aromatic hydroxyl groups is 1. The molecule has 1 aliphatic carbocycles. The van der Waals surface area contributed by atoms with Gasteiger partial charge in [-0.05, 0) is 38.5 Å². The van der Waals surface area contributed by atoms with Crippen LogP contribution in [0.15, 0.2) is 0 Å². The number of phenolic OH excluding ortho intramolecular Hbond substituents is 1. The molecule has 5 heteroatoms. The average molecular weight is 318 g/mol. The van der Waals surface area contributed by atoms with Gasteiger partial charge in [0.15, 0.2) is 11.5 Å². The molecule has 1 aromatic carbocycles. The zero-order chi connectivity index (χ0) is 16.0. The average Bonchev–Trinajstić information content (AvgIpc) is 3.06. The number of carbonyl (C=O) groups is 1. The lowest BCUT2D eigenvalue weighted by Gasteiger charge is -2.35. The fraction of sp³-hybridized carbons (Fsp3) is 0.611. The van der Waals surface area contributed by atoms with Crippen molar-refractivity contribution in [3.8, 4) is 17.2 Å². The summed E-state index contributed by atoms with van der Waals surface area (Å²) in [5, 5.41) is 20.6. The van der Waals surface area contributed by atoms with E-state index in [4.69, 9.17) is 9.47 Å². The predicted octanol–water partition coefficient (Wildman–Crippen LogP) is 2.94. The Morgan fingerprint density at radius 2 is 1.52 bits per heavy atom. The third-order valence-corrected chi connectivity index (χ3v) is 5.56. The first-order valence-corrected chi connectivity index (χ1v) is 8.55. The molecule has 1 fully saturated rings. The second kappa shape index (κ2) is 5.32. The number of phenols is 1. The van der Waals surface area contributed by atoms with Crippen molar-refractivity contribution in [2.75, 3.05) is 13.2 Å². The number of aliphatic carboxylic acids is 1. The normalized spacial score (nSPS) is 21.7. The highest BCUT2D eigenvalue weighted by molar-refractivity contribution is 5.85. The fourth-order valence-electron chi connectivity index (χ4n) is 4.48. The summed E-state index contributed by atoms with van der Waals surface area (Å²) in [5.74, 6) is 0.520. The Bertz CT molecular complexity index is 621. The zero-order valence-corrected chi connectivity index (χ0v) is 13.2. The van der Waals surface area contributed by atoms with E-state index in [1.165, 1.54) is 0 Å². The summed E-state index contributed by atoms with van der Waals surface area (Å²) in [5.41, 5.74) is 1.50. The molecule has 4 rings (SSSR count). The maximum Gasteiger partial charge on any atom is 0.314 e. The van der Waals surface area contributed by atoms with Crippen molar-refractivity contribution in [3.05, 3.63) is 16.7 Å². The molecule has 3 aliphatic rings. The molecule has 0 spiro atoms. The van der Waals surface area contributed by atoms with E-state index in [1.807, 2.05) is 0 Å². The van der Waals surface area contributed by atoms with Crippen LogP contribution in [0.1, 0.15) is 55.2 Å². The van der Waals surface area contributed by atoms with E-state index in [0.29, 0.717) is 44.0 Å². The molecular formula is C18H22O5. The lowest BCUT2D eigenvalue weighted by Crippen LogP contribution is -2.36. The number of carboxylic acid groups (broad SMARTS) is 1. The van der Waals surface area contributed by atoms with E-state index < -0.39 is 11.4 Å². The molecule has 5 nitrogen and oxygen atoms in total. The molecule has 0 bridgehead atoms. The molecule has 124 valence electrons. The first-order chi connectivity index (χ1) is 11.1. The first-order valence-electron chi connectivity index (χ1n) is 8.55. The Kier molecular flexibility index (Phi) is 3.39. The van der Waals surface area contributed by atoms with Crippen LogP contribution in [0.25, 0.3) is 0 Å². The van der Waals surface area contributed by atoms with Gasteiger partial charge in [-0.15, -0.1) is 0 Å². The van der Waals surface area contributed by atoms with Gasteiger partial charge in [-0.3, -0.25) is 4.79 Å². The van der Waals surface area contributed by atoms with Crippen LogP contribution in [0.4, 0.5) is 0 Å². The predicted molar refractivity (Wildman–Crippen MR) is 83.5 cm³/mol. The molecule has 0 unspecified atom stereocenters. The number of ether oxygens (including phenoxy) is 2. The van der Waals surface area contributed by atoms with Crippen molar-refractivity contribution >= 4 is 5.97 Å². The summed E-state index contributed by atoms with van der Waals surface area (Å²) in [4.78, 5) is 12.2. The van der Waals surface area contributed by atoms with E-state index in [-0.39, 0.29) is 5.75 Å². The van der Waals surface area contributed by atoms with Crippen LogP contribution in [0, 0.1) is 0 Å². The van der Waals surface area contributed by atoms with E-state index in [9.17, 15) is 15.0 Å². The molecule has 0 atom stereocenters. The minimum Gasteiger partial charge on any atom is -0.504 e. The Balaban J connectivity index is 2.03. The second-order valence-electron chi connectivity index (χ2n) is 6.84. The van der Waals surface area contributed by atoms with E-state index >= 15 is 0 Å². The molecule has 0 saturated heterocycles. The number of carboxylic acids is 1. The number of benzene rings is 1. The molecule has 0 amide bonds. The summed E-state index contributed by atoms with van der Waals surface area (Å²) in [6, 6.07) is 0. The maximum absolute atomic E-state index is 12.2. The minimum atomic E-state index is -0.889. The van der Waals surface area contributed by atoms with Gasteiger partial charge in [-0.1, -0.05) is 12.8 Å². The molecule has 1 aromatic rings. The second-order valence-corrected chi connectivity index (χ2v) is 6.84. The lowest BCUT2D eigenvalue weighted by atomic mass is 9.73. The van der Waals surface area contributed by atoms with Crippen LogP contribution >= 0.6 is 0 Å². The maximum atomic E-state index is 12.2. The Hall–Kier alpha value is -1.91. The SMILES string of the molecule is O=C(O)C1(c2c3c(c(O)c4c2OCCC4)OCCC3)CCCC1. The largest absolute Gasteiger partial charge is 0.504 e. The van der Waals surface area contributed by atoms with Gasteiger partial charge in [0, 0.05) is 16.7 Å². The Morgan fingerprint density at radius 1 is 0.913 bits per heavy atom. The van der Waals surface area contributed by atoms with Crippen LogP contribution in [0.2, 0.25) is 0 Å². The van der Waals surface area contributed by atoms with Crippen molar-refractivity contribution in [2.24, 2.45) is 0 Å². The van der Waals surface area contributed by atoms with Gasteiger partial charge < -0.3 is 19.7 Å². The number of rotatable bonds is 2. The van der Waals surface area contributed by atoms with E-state index in [1.54, 1.807) is 0 Å². The van der Waals surface area contributed by atoms with Gasteiger partial charge >= 0.3 is 5.97 Å². The molecular weight excluding hydrogens is 296 g/mol. The summed E-state index contributed by atoms with van der Waals surface area (Å²) < 4.78 is 11.7. The quantitative estimate of drug-likeness (QED) is 0.877. The highest BCUT2D eigenvalue weighted by Gasteiger charge is 2.48. The van der Waals surface area contributed by atoms with Crippen molar-refractivity contribution in [3.63, 3.8) is 0 Å². The highest BCUT2D eigenvalue weighted by atomic mass is 16.5. The van der Waals surface area contributed by atoms with Crippen molar-refractivity contribution in [1.82, 2.24) is 0 Å². The van der Waals surface area contributed by atoms with E-state index in [0.717, 1.165) is 48.8 Å². The molecule has 2 heterocycles. The van der Waals surface area contributed by atoms with Crippen molar-refractivity contribution in [1.29, 1.82) is 0 Å². The van der Waals surface area contributed by atoms with Gasteiger partial charge in [0.1, 0.15) is 5.75 Å². The van der Waals surface area contributed by atoms with Gasteiger partial charge in [-0.25, -0.2) is 0 Å². The van der Waals surface area contributed by atoms with Crippen LogP contribution in [-0.2, 0) is 23.1 Å². The van der Waals surface area contributed by atoms with Crippen LogP contribution in [-0.4, -0.2) is 29.4 Å². The zero-order valence-electron chi connectivity index (χ0n) is 13.2. The molecule has 0 radical (unpaired) electrons. The fourth-order valence-corrected chi connectivity index (χ4v) is 4.48. The summed E-state index contributed by atoms with van der Waals surface area (Å²) in [6.07, 6.45) is 6.22. The molecule has 2 N–H and O–H groups in total. The summed E-state index contributed by atoms with van der Waals surface area (Å²) in [6.45, 7) is 1.15. The standard InChI is InChI=1S/C18H22O5/c19-14-12-6-4-9-22-15(12)13(11-5-3-10-23-16(11)14)18(17(20)21)7-1-2-8-18/h19H,1-10H2,(H,20,21). The molecule has 23 heavy (non-hydrogen) atoms. The smallest absolute Gasteiger partial charge is 0.314 e. The third kappa shape index (κ3) is 2.02. The lowest BCUT2D eigenvalue weighted by molar-refractivity contribution is -0.143.